The minimum absolute atomic E-state index is 0.183. The van der Waals surface area contributed by atoms with Crippen molar-refractivity contribution in [1.29, 1.82) is 5.26 Å². The summed E-state index contributed by atoms with van der Waals surface area (Å²) >= 11 is 1.49. The highest BCUT2D eigenvalue weighted by Gasteiger charge is 2.26. The molecule has 6 nitrogen and oxygen atoms in total. The second-order valence-corrected chi connectivity index (χ2v) is 5.88. The third-order valence-electron chi connectivity index (χ3n) is 2.65. The Morgan fingerprint density at radius 3 is 2.83 bits per heavy atom. The fourth-order valence-corrected chi connectivity index (χ4v) is 2.90. The van der Waals surface area contributed by atoms with Gasteiger partial charge in [0, 0.05) is 12.3 Å². The van der Waals surface area contributed by atoms with Gasteiger partial charge in [-0.1, -0.05) is 25.6 Å². The van der Waals surface area contributed by atoms with Crippen molar-refractivity contribution in [3.8, 4) is 6.07 Å². The van der Waals surface area contributed by atoms with Crippen molar-refractivity contribution >= 4 is 11.8 Å². The van der Waals surface area contributed by atoms with Crippen LogP contribution < -0.4 is 11.0 Å². The van der Waals surface area contributed by atoms with E-state index >= 15 is 0 Å². The van der Waals surface area contributed by atoms with Crippen LogP contribution in [-0.2, 0) is 7.05 Å². The lowest BCUT2D eigenvalue weighted by Crippen LogP contribution is -2.42. The topological polar surface area (TPSA) is 86.5 Å². The molecule has 0 bridgehead atoms. The summed E-state index contributed by atoms with van der Waals surface area (Å²) in [7, 11) is 1.68. The van der Waals surface area contributed by atoms with E-state index in [1.54, 1.807) is 7.05 Å². The third-order valence-corrected chi connectivity index (χ3v) is 3.80. The number of hydrogen-bond donors (Lipinski definition) is 2. The van der Waals surface area contributed by atoms with Crippen molar-refractivity contribution in [2.24, 2.45) is 7.05 Å². The molecule has 2 unspecified atom stereocenters. The van der Waals surface area contributed by atoms with Crippen LogP contribution >= 0.6 is 11.8 Å². The van der Waals surface area contributed by atoms with Crippen molar-refractivity contribution in [3.05, 3.63) is 10.5 Å². The van der Waals surface area contributed by atoms with Crippen LogP contribution in [-0.4, -0.2) is 32.1 Å². The number of nitrogens with one attached hydrogen (secondary N) is 2. The first-order valence-corrected chi connectivity index (χ1v) is 6.74. The van der Waals surface area contributed by atoms with Gasteiger partial charge in [0.05, 0.1) is 6.07 Å². The molecule has 1 rings (SSSR count). The highest BCUT2D eigenvalue weighted by atomic mass is 32.2. The highest BCUT2D eigenvalue weighted by Crippen LogP contribution is 2.26. The standard InChI is InChI=1S/C11H19N5OS/c1-5-13-11(3,7-12)6-8(2)18-10-15-14-9(17)16(10)4/h8,13H,5-6H2,1-4H3,(H,14,17). The molecule has 1 aromatic rings. The molecule has 18 heavy (non-hydrogen) atoms. The molecule has 0 spiro atoms. The zero-order valence-corrected chi connectivity index (χ0v) is 12.0. The Morgan fingerprint density at radius 1 is 1.72 bits per heavy atom. The largest absolute Gasteiger partial charge is 0.343 e. The maximum absolute atomic E-state index is 11.2. The fraction of sp³-hybridized carbons (Fsp3) is 0.727. The number of nitriles is 1. The van der Waals surface area contributed by atoms with Crippen LogP contribution in [0, 0.1) is 11.3 Å². The maximum atomic E-state index is 11.2. The van der Waals surface area contributed by atoms with E-state index in [0.29, 0.717) is 11.6 Å². The highest BCUT2D eigenvalue weighted by molar-refractivity contribution is 7.99. The smallest absolute Gasteiger partial charge is 0.300 e. The third kappa shape index (κ3) is 3.62. The second kappa shape index (κ2) is 6.07. The molecule has 2 N–H and O–H groups in total. The molecule has 0 saturated carbocycles. The van der Waals surface area contributed by atoms with Crippen LogP contribution in [0.3, 0.4) is 0 Å². The van der Waals surface area contributed by atoms with Gasteiger partial charge in [0.15, 0.2) is 5.16 Å². The molecule has 0 amide bonds. The summed E-state index contributed by atoms with van der Waals surface area (Å²) in [6.07, 6.45) is 0.684. The summed E-state index contributed by atoms with van der Waals surface area (Å²) < 4.78 is 1.47. The lowest BCUT2D eigenvalue weighted by Gasteiger charge is -2.25. The first-order chi connectivity index (χ1) is 8.41. The van der Waals surface area contributed by atoms with Gasteiger partial charge in [0.1, 0.15) is 5.54 Å². The molecular formula is C11H19N5OS. The van der Waals surface area contributed by atoms with E-state index in [1.165, 1.54) is 16.3 Å². The quantitative estimate of drug-likeness (QED) is 0.748. The Morgan fingerprint density at radius 2 is 2.39 bits per heavy atom. The SMILES string of the molecule is CCNC(C)(C#N)CC(C)Sc1n[nH]c(=O)n1C. The Labute approximate surface area is 111 Å². The number of hydrogen-bond acceptors (Lipinski definition) is 5. The molecular weight excluding hydrogens is 250 g/mol. The Kier molecular flexibility index (Phi) is 4.99. The summed E-state index contributed by atoms with van der Waals surface area (Å²) in [6.45, 7) is 6.64. The molecule has 0 aliphatic rings. The van der Waals surface area contributed by atoms with Gasteiger partial charge in [0.2, 0.25) is 0 Å². The number of thioether (sulfide) groups is 1. The molecule has 0 fully saturated rings. The van der Waals surface area contributed by atoms with Gasteiger partial charge in [-0.25, -0.2) is 9.89 Å². The average Bonchev–Trinajstić information content (AvgIpc) is 2.61. The van der Waals surface area contributed by atoms with Crippen LogP contribution in [0.1, 0.15) is 27.2 Å². The molecule has 1 heterocycles. The van der Waals surface area contributed by atoms with Crippen LogP contribution in [0.25, 0.3) is 0 Å². The summed E-state index contributed by atoms with van der Waals surface area (Å²) in [5.41, 5.74) is -0.768. The molecule has 0 aliphatic heterocycles. The predicted octanol–water partition coefficient (Wildman–Crippen LogP) is 0.871. The Balaban J connectivity index is 2.67. The van der Waals surface area contributed by atoms with E-state index in [9.17, 15) is 10.1 Å². The van der Waals surface area contributed by atoms with E-state index in [4.69, 9.17) is 0 Å². The van der Waals surface area contributed by atoms with Gasteiger partial charge < -0.3 is 0 Å². The number of aromatic amines is 1. The van der Waals surface area contributed by atoms with E-state index in [1.807, 2.05) is 20.8 Å². The first-order valence-electron chi connectivity index (χ1n) is 5.86. The van der Waals surface area contributed by atoms with Crippen molar-refractivity contribution in [3.63, 3.8) is 0 Å². The van der Waals surface area contributed by atoms with Crippen LogP contribution in [0.4, 0.5) is 0 Å². The minimum Gasteiger partial charge on any atom is -0.300 e. The Bertz CT molecular complexity index is 488. The van der Waals surface area contributed by atoms with Crippen LogP contribution in [0.15, 0.2) is 9.95 Å². The van der Waals surface area contributed by atoms with Gasteiger partial charge in [-0.3, -0.25) is 9.88 Å². The van der Waals surface area contributed by atoms with Crippen molar-refractivity contribution in [1.82, 2.24) is 20.1 Å². The molecule has 1 aromatic heterocycles. The van der Waals surface area contributed by atoms with Gasteiger partial charge in [-0.15, -0.1) is 5.10 Å². The molecule has 2 atom stereocenters. The number of rotatable bonds is 6. The van der Waals surface area contributed by atoms with E-state index in [2.05, 4.69) is 21.6 Å². The normalized spacial score (nSPS) is 15.9. The molecule has 0 aromatic carbocycles. The van der Waals surface area contributed by atoms with E-state index in [-0.39, 0.29) is 10.9 Å². The first kappa shape index (κ1) is 14.8. The van der Waals surface area contributed by atoms with E-state index in [0.717, 1.165) is 6.54 Å². The van der Waals surface area contributed by atoms with Crippen molar-refractivity contribution in [2.45, 2.75) is 43.1 Å². The Hall–Kier alpha value is -1.26. The molecule has 7 heteroatoms. The van der Waals surface area contributed by atoms with Crippen molar-refractivity contribution in [2.75, 3.05) is 6.54 Å². The fourth-order valence-electron chi connectivity index (χ4n) is 1.78. The molecule has 0 aliphatic carbocycles. The minimum atomic E-state index is -0.545. The van der Waals surface area contributed by atoms with Crippen LogP contribution in [0.2, 0.25) is 0 Å². The van der Waals surface area contributed by atoms with Gasteiger partial charge in [-0.05, 0) is 19.9 Å². The van der Waals surface area contributed by atoms with Crippen molar-refractivity contribution < 1.29 is 0 Å². The monoisotopic (exact) mass is 269 g/mol. The van der Waals surface area contributed by atoms with Gasteiger partial charge >= 0.3 is 5.69 Å². The second-order valence-electron chi connectivity index (χ2n) is 4.48. The van der Waals surface area contributed by atoms with Gasteiger partial charge in [-0.2, -0.15) is 5.26 Å². The van der Waals surface area contributed by atoms with E-state index < -0.39 is 5.54 Å². The molecule has 0 saturated heterocycles. The maximum Gasteiger partial charge on any atom is 0.343 e. The average molecular weight is 269 g/mol. The van der Waals surface area contributed by atoms with Crippen LogP contribution in [0.5, 0.6) is 0 Å². The lowest BCUT2D eigenvalue weighted by molar-refractivity contribution is 0.429. The molecule has 100 valence electrons. The predicted molar refractivity (Wildman–Crippen MR) is 71.5 cm³/mol. The molecule has 0 radical (unpaired) electrons. The number of nitrogens with zero attached hydrogens (tertiary/aromatic N) is 3. The number of H-pyrrole nitrogens is 1. The zero-order chi connectivity index (χ0) is 13.8. The lowest BCUT2D eigenvalue weighted by atomic mass is 9.98. The summed E-state index contributed by atoms with van der Waals surface area (Å²) in [5, 5.41) is 19.5. The van der Waals surface area contributed by atoms with Gasteiger partial charge in [0.25, 0.3) is 0 Å². The zero-order valence-electron chi connectivity index (χ0n) is 11.1. The summed E-state index contributed by atoms with van der Waals surface area (Å²) in [4.78, 5) is 11.2. The summed E-state index contributed by atoms with van der Waals surface area (Å²) in [5.74, 6) is 0. The summed E-state index contributed by atoms with van der Waals surface area (Å²) in [6, 6.07) is 2.29. The number of aromatic nitrogens is 3.